The number of benzene rings is 2. The van der Waals surface area contributed by atoms with Crippen molar-refractivity contribution in [1.82, 2.24) is 0 Å². The molecule has 0 saturated carbocycles. The summed E-state index contributed by atoms with van der Waals surface area (Å²) >= 11 is 1.88. The molecule has 0 bridgehead atoms. The average Bonchev–Trinajstić information content (AvgIpc) is 3.05. The molecule has 1 fully saturated rings. The Balaban J connectivity index is 1.77. The van der Waals surface area contributed by atoms with Crippen LogP contribution in [0.3, 0.4) is 0 Å². The van der Waals surface area contributed by atoms with Gasteiger partial charge in [0.05, 0.1) is 12.2 Å². The number of rotatable bonds is 3. The summed E-state index contributed by atoms with van der Waals surface area (Å²) in [5.41, 5.74) is 2.23. The third-order valence-electron chi connectivity index (χ3n) is 4.56. The van der Waals surface area contributed by atoms with Crippen molar-refractivity contribution in [2.75, 3.05) is 28.3 Å². The van der Waals surface area contributed by atoms with Gasteiger partial charge in [-0.05, 0) is 55.5 Å². The van der Waals surface area contributed by atoms with Gasteiger partial charge in [0.25, 0.3) is 5.91 Å². The number of anilines is 2. The summed E-state index contributed by atoms with van der Waals surface area (Å²) in [5, 5.41) is 3.64. The van der Waals surface area contributed by atoms with Crippen LogP contribution < -0.4 is 15.0 Å². The van der Waals surface area contributed by atoms with Crippen molar-refractivity contribution in [3.05, 3.63) is 54.1 Å². The molecule has 124 valence electrons. The number of para-hydroxylation sites is 1. The molecule has 2 aliphatic rings. The van der Waals surface area contributed by atoms with Gasteiger partial charge < -0.3 is 10.1 Å². The van der Waals surface area contributed by atoms with Crippen LogP contribution in [0.25, 0.3) is 0 Å². The number of thioether (sulfide) groups is 1. The maximum atomic E-state index is 13.2. The SMILES string of the molecule is CCOc1ccc(N2C(=O)c3ccccc3NC23CCSC3)cc1. The van der Waals surface area contributed by atoms with Crippen LogP contribution in [0.2, 0.25) is 0 Å². The Morgan fingerprint density at radius 3 is 2.71 bits per heavy atom. The van der Waals surface area contributed by atoms with Crippen LogP contribution in [0.1, 0.15) is 23.7 Å². The fraction of sp³-hybridized carbons (Fsp3) is 0.316. The monoisotopic (exact) mass is 340 g/mol. The molecule has 1 unspecified atom stereocenters. The molecule has 1 atom stereocenters. The van der Waals surface area contributed by atoms with Gasteiger partial charge in [-0.2, -0.15) is 11.8 Å². The third kappa shape index (κ3) is 2.44. The van der Waals surface area contributed by atoms with Gasteiger partial charge in [-0.15, -0.1) is 0 Å². The molecule has 24 heavy (non-hydrogen) atoms. The zero-order chi connectivity index (χ0) is 16.6. The zero-order valence-electron chi connectivity index (χ0n) is 13.6. The van der Waals surface area contributed by atoms with Gasteiger partial charge in [0.1, 0.15) is 11.4 Å². The predicted octanol–water partition coefficient (Wildman–Crippen LogP) is 3.99. The molecule has 5 heteroatoms. The average molecular weight is 340 g/mol. The zero-order valence-corrected chi connectivity index (χ0v) is 14.4. The number of carbonyl (C=O) groups excluding carboxylic acids is 1. The lowest BCUT2D eigenvalue weighted by Crippen LogP contribution is -2.60. The summed E-state index contributed by atoms with van der Waals surface area (Å²) in [5.74, 6) is 2.83. The number of nitrogens with zero attached hydrogens (tertiary/aromatic N) is 1. The second kappa shape index (κ2) is 6.06. The van der Waals surface area contributed by atoms with Crippen molar-refractivity contribution in [2.24, 2.45) is 0 Å². The Kier molecular flexibility index (Phi) is 3.88. The fourth-order valence-corrected chi connectivity index (χ4v) is 4.76. The number of carbonyl (C=O) groups is 1. The fourth-order valence-electron chi connectivity index (χ4n) is 3.45. The smallest absolute Gasteiger partial charge is 0.262 e. The van der Waals surface area contributed by atoms with Gasteiger partial charge in [-0.1, -0.05) is 12.1 Å². The molecule has 2 aromatic rings. The van der Waals surface area contributed by atoms with Crippen LogP contribution in [-0.4, -0.2) is 29.7 Å². The Morgan fingerprint density at radius 2 is 2.00 bits per heavy atom. The molecule has 2 aliphatic heterocycles. The maximum Gasteiger partial charge on any atom is 0.262 e. The molecule has 1 amide bonds. The van der Waals surface area contributed by atoms with Gasteiger partial charge in [0.15, 0.2) is 0 Å². The third-order valence-corrected chi connectivity index (χ3v) is 5.74. The number of nitrogens with one attached hydrogen (secondary N) is 1. The number of amides is 1. The summed E-state index contributed by atoms with van der Waals surface area (Å²) in [4.78, 5) is 15.2. The van der Waals surface area contributed by atoms with Crippen molar-refractivity contribution < 1.29 is 9.53 Å². The minimum Gasteiger partial charge on any atom is -0.494 e. The van der Waals surface area contributed by atoms with Crippen molar-refractivity contribution in [3.63, 3.8) is 0 Å². The van der Waals surface area contributed by atoms with E-state index in [-0.39, 0.29) is 11.6 Å². The number of fused-ring (bicyclic) bond motifs is 1. The Bertz CT molecular complexity index is 754. The quantitative estimate of drug-likeness (QED) is 0.917. The Hall–Kier alpha value is -2.14. The van der Waals surface area contributed by atoms with E-state index in [1.807, 2.05) is 72.1 Å². The van der Waals surface area contributed by atoms with Crippen LogP contribution >= 0.6 is 11.8 Å². The second-order valence-corrected chi connectivity index (χ2v) is 7.18. The van der Waals surface area contributed by atoms with E-state index >= 15 is 0 Å². The molecule has 2 heterocycles. The minimum absolute atomic E-state index is 0.0657. The molecular formula is C19H20N2O2S. The minimum atomic E-state index is -0.344. The first-order valence-electron chi connectivity index (χ1n) is 8.26. The number of hydrogen-bond acceptors (Lipinski definition) is 4. The largest absolute Gasteiger partial charge is 0.494 e. The molecule has 1 saturated heterocycles. The normalized spacial score (nSPS) is 22.4. The Labute approximate surface area is 146 Å². The summed E-state index contributed by atoms with van der Waals surface area (Å²) in [6.07, 6.45) is 0.935. The highest BCUT2D eigenvalue weighted by atomic mass is 32.2. The van der Waals surface area contributed by atoms with Gasteiger partial charge in [-0.25, -0.2) is 0 Å². The molecule has 0 aromatic heterocycles. The van der Waals surface area contributed by atoms with E-state index in [1.165, 1.54) is 0 Å². The van der Waals surface area contributed by atoms with Gasteiger partial charge in [0, 0.05) is 17.1 Å². The summed E-state index contributed by atoms with van der Waals surface area (Å²) in [6.45, 7) is 2.60. The highest BCUT2D eigenvalue weighted by Gasteiger charge is 2.47. The van der Waals surface area contributed by atoms with E-state index in [1.54, 1.807) is 0 Å². The van der Waals surface area contributed by atoms with E-state index in [9.17, 15) is 4.79 Å². The molecule has 2 aromatic carbocycles. The number of ether oxygens (including phenoxy) is 1. The van der Waals surface area contributed by atoms with E-state index in [0.29, 0.717) is 6.61 Å². The second-order valence-electron chi connectivity index (χ2n) is 6.07. The molecule has 4 rings (SSSR count). The maximum absolute atomic E-state index is 13.2. The van der Waals surface area contributed by atoms with Crippen molar-refractivity contribution in [2.45, 2.75) is 19.0 Å². The van der Waals surface area contributed by atoms with Crippen LogP contribution in [0.5, 0.6) is 5.75 Å². The van der Waals surface area contributed by atoms with Crippen molar-refractivity contribution in [1.29, 1.82) is 0 Å². The van der Waals surface area contributed by atoms with Crippen LogP contribution in [0, 0.1) is 0 Å². The van der Waals surface area contributed by atoms with E-state index in [4.69, 9.17) is 4.74 Å². The van der Waals surface area contributed by atoms with Crippen molar-refractivity contribution >= 4 is 29.0 Å². The van der Waals surface area contributed by atoms with E-state index < -0.39 is 0 Å². The van der Waals surface area contributed by atoms with Crippen LogP contribution in [0.4, 0.5) is 11.4 Å². The standard InChI is InChI=1S/C19H20N2O2S/c1-2-23-15-9-7-14(8-10-15)21-18(22)16-5-3-4-6-17(16)20-19(21)11-12-24-13-19/h3-10,20H,2,11-13H2,1H3. The highest BCUT2D eigenvalue weighted by Crippen LogP contribution is 2.42. The van der Waals surface area contributed by atoms with Gasteiger partial charge >= 0.3 is 0 Å². The summed E-state index contributed by atoms with van der Waals surface area (Å²) in [7, 11) is 0. The lowest BCUT2D eigenvalue weighted by Gasteiger charge is -2.46. The topological polar surface area (TPSA) is 41.6 Å². The molecule has 1 spiro atoms. The first-order chi connectivity index (χ1) is 11.7. The van der Waals surface area contributed by atoms with E-state index in [0.717, 1.165) is 40.6 Å². The van der Waals surface area contributed by atoms with Crippen LogP contribution in [0.15, 0.2) is 48.5 Å². The molecule has 0 radical (unpaired) electrons. The number of hydrogen-bond donors (Lipinski definition) is 1. The predicted molar refractivity (Wildman–Crippen MR) is 99.2 cm³/mol. The highest BCUT2D eigenvalue weighted by molar-refractivity contribution is 7.99. The lowest BCUT2D eigenvalue weighted by molar-refractivity contribution is 0.0959. The molecule has 1 N–H and O–H groups in total. The van der Waals surface area contributed by atoms with Gasteiger partial charge in [0.2, 0.25) is 0 Å². The summed E-state index contributed by atoms with van der Waals surface area (Å²) in [6, 6.07) is 15.6. The van der Waals surface area contributed by atoms with Crippen molar-refractivity contribution in [3.8, 4) is 5.75 Å². The first kappa shape index (κ1) is 15.4. The Morgan fingerprint density at radius 1 is 1.21 bits per heavy atom. The molecule has 0 aliphatic carbocycles. The molecule has 4 nitrogen and oxygen atoms in total. The summed E-state index contributed by atoms with van der Waals surface area (Å²) < 4.78 is 5.53. The van der Waals surface area contributed by atoms with Crippen LogP contribution in [-0.2, 0) is 0 Å². The van der Waals surface area contributed by atoms with E-state index in [2.05, 4.69) is 5.32 Å². The first-order valence-corrected chi connectivity index (χ1v) is 9.41. The lowest BCUT2D eigenvalue weighted by atomic mass is 9.97. The van der Waals surface area contributed by atoms with Gasteiger partial charge in [-0.3, -0.25) is 9.69 Å². The molecular weight excluding hydrogens is 320 g/mol.